The standard InChI is InChI=1S/C14H19FN2O2/c1-17(11-5-6-16-9-11)14(18)8-10-3-4-13(19-2)12(15)7-10/h3-4,7,11,16H,5-6,8-9H2,1-2H3. The first-order valence-electron chi connectivity index (χ1n) is 6.40. The highest BCUT2D eigenvalue weighted by Crippen LogP contribution is 2.18. The van der Waals surface area contributed by atoms with Gasteiger partial charge in [-0.25, -0.2) is 4.39 Å². The summed E-state index contributed by atoms with van der Waals surface area (Å²) in [5.41, 5.74) is 0.668. The number of benzene rings is 1. The number of carbonyl (C=O) groups excluding carboxylic acids is 1. The van der Waals surface area contributed by atoms with Crippen molar-refractivity contribution in [2.45, 2.75) is 18.9 Å². The van der Waals surface area contributed by atoms with Crippen molar-refractivity contribution < 1.29 is 13.9 Å². The van der Waals surface area contributed by atoms with Gasteiger partial charge in [-0.2, -0.15) is 0 Å². The number of halogens is 1. The monoisotopic (exact) mass is 266 g/mol. The topological polar surface area (TPSA) is 41.6 Å². The van der Waals surface area contributed by atoms with Crippen molar-refractivity contribution in [1.29, 1.82) is 0 Å². The van der Waals surface area contributed by atoms with Gasteiger partial charge >= 0.3 is 0 Å². The molecule has 1 aromatic carbocycles. The molecule has 0 radical (unpaired) electrons. The number of amides is 1. The molecule has 5 heteroatoms. The molecular weight excluding hydrogens is 247 g/mol. The minimum Gasteiger partial charge on any atom is -0.494 e. The average Bonchev–Trinajstić information content (AvgIpc) is 2.92. The Kier molecular flexibility index (Phi) is 4.37. The van der Waals surface area contributed by atoms with Crippen molar-refractivity contribution >= 4 is 5.91 Å². The van der Waals surface area contributed by atoms with Crippen LogP contribution in [0.1, 0.15) is 12.0 Å². The SMILES string of the molecule is COc1ccc(CC(=O)N(C)C2CCNC2)cc1F. The highest BCUT2D eigenvalue weighted by atomic mass is 19.1. The Labute approximate surface area is 112 Å². The minimum atomic E-state index is -0.432. The molecule has 0 aromatic heterocycles. The first kappa shape index (κ1) is 13.8. The summed E-state index contributed by atoms with van der Waals surface area (Å²) in [6.07, 6.45) is 1.19. The van der Waals surface area contributed by atoms with Gasteiger partial charge in [0.2, 0.25) is 5.91 Å². The number of nitrogens with zero attached hydrogens (tertiary/aromatic N) is 1. The zero-order chi connectivity index (χ0) is 13.8. The summed E-state index contributed by atoms with van der Waals surface area (Å²) in [6.45, 7) is 1.78. The molecule has 1 fully saturated rings. The second-order valence-corrected chi connectivity index (χ2v) is 4.80. The summed E-state index contributed by atoms with van der Waals surface area (Å²) < 4.78 is 18.4. The summed E-state index contributed by atoms with van der Waals surface area (Å²) in [6, 6.07) is 4.88. The maximum Gasteiger partial charge on any atom is 0.227 e. The van der Waals surface area contributed by atoms with E-state index in [1.165, 1.54) is 13.2 Å². The largest absolute Gasteiger partial charge is 0.494 e. The normalized spacial score (nSPS) is 18.4. The van der Waals surface area contributed by atoms with Gasteiger partial charge in [-0.3, -0.25) is 4.79 Å². The van der Waals surface area contributed by atoms with E-state index in [4.69, 9.17) is 4.74 Å². The third kappa shape index (κ3) is 3.23. The zero-order valence-corrected chi connectivity index (χ0v) is 11.3. The van der Waals surface area contributed by atoms with E-state index >= 15 is 0 Å². The summed E-state index contributed by atoms with van der Waals surface area (Å²) in [4.78, 5) is 13.9. The average molecular weight is 266 g/mol. The molecular formula is C14H19FN2O2. The number of carbonyl (C=O) groups is 1. The van der Waals surface area contributed by atoms with Crippen LogP contribution in [0.25, 0.3) is 0 Å². The molecule has 19 heavy (non-hydrogen) atoms. The Balaban J connectivity index is 2.00. The molecule has 1 unspecified atom stereocenters. The number of nitrogens with one attached hydrogen (secondary N) is 1. The molecule has 0 spiro atoms. The lowest BCUT2D eigenvalue weighted by Gasteiger charge is -2.23. The van der Waals surface area contributed by atoms with Crippen molar-refractivity contribution in [3.05, 3.63) is 29.6 Å². The fraction of sp³-hybridized carbons (Fsp3) is 0.500. The van der Waals surface area contributed by atoms with Gasteiger partial charge in [-0.15, -0.1) is 0 Å². The zero-order valence-electron chi connectivity index (χ0n) is 11.3. The molecule has 1 N–H and O–H groups in total. The molecule has 1 aliphatic rings. The lowest BCUT2D eigenvalue weighted by atomic mass is 10.1. The second-order valence-electron chi connectivity index (χ2n) is 4.80. The molecule has 0 bridgehead atoms. The number of hydrogen-bond donors (Lipinski definition) is 1. The number of hydrogen-bond acceptors (Lipinski definition) is 3. The number of methoxy groups -OCH3 is 1. The fourth-order valence-corrected chi connectivity index (χ4v) is 2.29. The van der Waals surface area contributed by atoms with E-state index in [0.717, 1.165) is 19.5 Å². The summed E-state index contributed by atoms with van der Waals surface area (Å²) in [5.74, 6) is -0.221. The van der Waals surface area contributed by atoms with E-state index in [0.29, 0.717) is 5.56 Å². The predicted molar refractivity (Wildman–Crippen MR) is 70.7 cm³/mol. The van der Waals surface area contributed by atoms with Crippen LogP contribution < -0.4 is 10.1 Å². The van der Waals surface area contributed by atoms with Gasteiger partial charge in [-0.1, -0.05) is 6.07 Å². The first-order chi connectivity index (χ1) is 9.11. The fourth-order valence-electron chi connectivity index (χ4n) is 2.29. The van der Waals surface area contributed by atoms with Crippen LogP contribution in [-0.2, 0) is 11.2 Å². The van der Waals surface area contributed by atoms with E-state index in [9.17, 15) is 9.18 Å². The molecule has 104 valence electrons. The molecule has 1 aliphatic heterocycles. The van der Waals surface area contributed by atoms with Gasteiger partial charge < -0.3 is 15.0 Å². The van der Waals surface area contributed by atoms with E-state index in [1.54, 1.807) is 24.1 Å². The van der Waals surface area contributed by atoms with Crippen molar-refractivity contribution in [2.24, 2.45) is 0 Å². The second kappa shape index (κ2) is 6.02. The number of rotatable bonds is 4. The van der Waals surface area contributed by atoms with E-state index in [1.807, 2.05) is 0 Å². The third-order valence-electron chi connectivity index (χ3n) is 3.55. The summed E-state index contributed by atoms with van der Waals surface area (Å²) in [7, 11) is 3.23. The van der Waals surface area contributed by atoms with Crippen molar-refractivity contribution in [1.82, 2.24) is 10.2 Å². The summed E-state index contributed by atoms with van der Waals surface area (Å²) >= 11 is 0. The van der Waals surface area contributed by atoms with E-state index < -0.39 is 5.82 Å². The van der Waals surface area contributed by atoms with Gasteiger partial charge in [0.15, 0.2) is 11.6 Å². The maximum absolute atomic E-state index is 13.5. The molecule has 0 aliphatic carbocycles. The van der Waals surface area contributed by atoms with Gasteiger partial charge in [0.1, 0.15) is 0 Å². The highest BCUT2D eigenvalue weighted by molar-refractivity contribution is 5.79. The molecule has 1 heterocycles. The molecule has 1 saturated heterocycles. The van der Waals surface area contributed by atoms with Crippen LogP contribution in [0.5, 0.6) is 5.75 Å². The van der Waals surface area contributed by atoms with Gasteiger partial charge in [-0.05, 0) is 30.7 Å². The molecule has 1 atom stereocenters. The molecule has 4 nitrogen and oxygen atoms in total. The summed E-state index contributed by atoms with van der Waals surface area (Å²) in [5, 5.41) is 3.23. The molecule has 1 amide bonds. The third-order valence-corrected chi connectivity index (χ3v) is 3.55. The van der Waals surface area contributed by atoms with Gasteiger partial charge in [0.05, 0.1) is 13.5 Å². The van der Waals surface area contributed by atoms with Gasteiger partial charge in [0, 0.05) is 19.6 Å². The van der Waals surface area contributed by atoms with Crippen LogP contribution in [0.2, 0.25) is 0 Å². The molecule has 1 aromatic rings. The van der Waals surface area contributed by atoms with E-state index in [-0.39, 0.29) is 24.1 Å². The van der Waals surface area contributed by atoms with Crippen LogP contribution in [-0.4, -0.2) is 44.1 Å². The Morgan fingerprint density at radius 1 is 1.58 bits per heavy atom. The Hall–Kier alpha value is -1.62. The Bertz CT molecular complexity index is 459. The lowest BCUT2D eigenvalue weighted by molar-refractivity contribution is -0.130. The minimum absolute atomic E-state index is 0.0123. The van der Waals surface area contributed by atoms with Crippen LogP contribution >= 0.6 is 0 Å². The van der Waals surface area contributed by atoms with E-state index in [2.05, 4.69) is 5.32 Å². The molecule has 0 saturated carbocycles. The van der Waals surface area contributed by atoms with Gasteiger partial charge in [0.25, 0.3) is 0 Å². The number of ether oxygens (including phenoxy) is 1. The van der Waals surface area contributed by atoms with Crippen molar-refractivity contribution in [2.75, 3.05) is 27.2 Å². The highest BCUT2D eigenvalue weighted by Gasteiger charge is 2.23. The van der Waals surface area contributed by atoms with Crippen molar-refractivity contribution in [3.8, 4) is 5.75 Å². The quantitative estimate of drug-likeness (QED) is 0.890. The smallest absolute Gasteiger partial charge is 0.227 e. The predicted octanol–water partition coefficient (Wildman–Crippen LogP) is 1.20. The molecule has 2 rings (SSSR count). The maximum atomic E-state index is 13.5. The number of likely N-dealkylation sites (N-methyl/N-ethyl adjacent to an activating group) is 1. The Morgan fingerprint density at radius 3 is 2.95 bits per heavy atom. The van der Waals surface area contributed by atoms with Crippen LogP contribution in [0.4, 0.5) is 4.39 Å². The lowest BCUT2D eigenvalue weighted by Crippen LogP contribution is -2.39. The first-order valence-corrected chi connectivity index (χ1v) is 6.40. The van der Waals surface area contributed by atoms with Crippen LogP contribution in [0, 0.1) is 5.82 Å². The van der Waals surface area contributed by atoms with Crippen LogP contribution in [0.15, 0.2) is 18.2 Å². The van der Waals surface area contributed by atoms with Crippen molar-refractivity contribution in [3.63, 3.8) is 0 Å². The Morgan fingerprint density at radius 2 is 2.37 bits per heavy atom. The van der Waals surface area contributed by atoms with Crippen LogP contribution in [0.3, 0.4) is 0 Å².